The first-order valence-electron chi connectivity index (χ1n) is 12.9. The van der Waals surface area contributed by atoms with Gasteiger partial charge in [-0.3, -0.25) is 4.79 Å². The molecule has 0 aliphatic carbocycles. The van der Waals surface area contributed by atoms with Crippen molar-refractivity contribution in [2.45, 2.75) is 13.3 Å². The largest absolute Gasteiger partial charge is 0.497 e. The van der Waals surface area contributed by atoms with Crippen molar-refractivity contribution in [3.63, 3.8) is 0 Å². The third-order valence-electron chi connectivity index (χ3n) is 7.00. The van der Waals surface area contributed by atoms with Crippen molar-refractivity contribution >= 4 is 11.7 Å². The van der Waals surface area contributed by atoms with Gasteiger partial charge in [-0.15, -0.1) is 0 Å². The summed E-state index contributed by atoms with van der Waals surface area (Å²) in [4.78, 5) is 27.1. The molecule has 5 rings (SSSR count). The minimum atomic E-state index is -0.329. The topological polar surface area (TPSA) is 67.8 Å². The smallest absolute Gasteiger partial charge is 0.257 e. The number of carbonyl (C=O) groups excluding carboxylic acids is 1. The summed E-state index contributed by atoms with van der Waals surface area (Å²) in [6, 6.07) is 21.8. The van der Waals surface area contributed by atoms with Gasteiger partial charge in [-0.1, -0.05) is 42.5 Å². The van der Waals surface area contributed by atoms with E-state index in [1.807, 2.05) is 36.1 Å². The van der Waals surface area contributed by atoms with Gasteiger partial charge in [0.25, 0.3) is 5.91 Å². The lowest BCUT2D eigenvalue weighted by Crippen LogP contribution is -2.49. The predicted octanol–water partition coefficient (Wildman–Crippen LogP) is 5.16. The fraction of sp³-hybridized carbons (Fsp3) is 0.258. The van der Waals surface area contributed by atoms with Gasteiger partial charge in [0, 0.05) is 55.5 Å². The molecule has 0 spiro atoms. The van der Waals surface area contributed by atoms with Crippen LogP contribution in [0.5, 0.6) is 11.5 Å². The monoisotopic (exact) mass is 526 g/mol. The van der Waals surface area contributed by atoms with E-state index in [1.165, 1.54) is 12.1 Å². The van der Waals surface area contributed by atoms with Crippen molar-refractivity contribution in [1.29, 1.82) is 0 Å². The molecule has 0 bridgehead atoms. The minimum absolute atomic E-state index is 0.0852. The molecule has 1 aromatic heterocycles. The lowest BCUT2D eigenvalue weighted by Gasteiger charge is -2.36. The Balaban J connectivity index is 1.43. The van der Waals surface area contributed by atoms with Crippen LogP contribution in [-0.4, -0.2) is 61.2 Å². The Morgan fingerprint density at radius 2 is 1.67 bits per heavy atom. The number of carbonyl (C=O) groups is 1. The molecule has 3 aromatic carbocycles. The van der Waals surface area contributed by atoms with Crippen LogP contribution in [0.1, 0.15) is 27.2 Å². The number of anilines is 1. The van der Waals surface area contributed by atoms with Gasteiger partial charge in [-0.25, -0.2) is 14.4 Å². The maximum atomic E-state index is 14.0. The van der Waals surface area contributed by atoms with E-state index in [4.69, 9.17) is 19.4 Å². The van der Waals surface area contributed by atoms with Crippen molar-refractivity contribution in [2.24, 2.45) is 0 Å². The molecule has 1 fully saturated rings. The van der Waals surface area contributed by atoms with Gasteiger partial charge in [0.05, 0.1) is 19.8 Å². The molecule has 200 valence electrons. The summed E-state index contributed by atoms with van der Waals surface area (Å²) >= 11 is 0. The summed E-state index contributed by atoms with van der Waals surface area (Å²) in [5, 5.41) is 0. The fourth-order valence-electron chi connectivity index (χ4n) is 4.87. The van der Waals surface area contributed by atoms with Crippen LogP contribution in [0, 0.1) is 12.7 Å². The van der Waals surface area contributed by atoms with E-state index in [-0.39, 0.29) is 11.7 Å². The van der Waals surface area contributed by atoms with Gasteiger partial charge in [0.2, 0.25) is 0 Å². The second-order valence-electron chi connectivity index (χ2n) is 9.45. The molecule has 0 unspecified atom stereocenters. The molecule has 4 aromatic rings. The third kappa shape index (κ3) is 5.70. The van der Waals surface area contributed by atoms with Gasteiger partial charge in [-0.05, 0) is 36.8 Å². The zero-order valence-electron chi connectivity index (χ0n) is 22.4. The Morgan fingerprint density at radius 1 is 0.897 bits per heavy atom. The summed E-state index contributed by atoms with van der Waals surface area (Å²) in [6.45, 7) is 4.23. The summed E-state index contributed by atoms with van der Waals surface area (Å²) < 4.78 is 24.7. The van der Waals surface area contributed by atoms with Crippen LogP contribution in [0.2, 0.25) is 0 Å². The second kappa shape index (κ2) is 11.5. The predicted molar refractivity (Wildman–Crippen MR) is 149 cm³/mol. The van der Waals surface area contributed by atoms with Crippen molar-refractivity contribution in [3.8, 4) is 22.9 Å². The average molecular weight is 527 g/mol. The van der Waals surface area contributed by atoms with Gasteiger partial charge in [0.1, 0.15) is 23.1 Å². The lowest BCUT2D eigenvalue weighted by molar-refractivity contribution is 0.0743. The lowest BCUT2D eigenvalue weighted by atomic mass is 10.0. The van der Waals surface area contributed by atoms with E-state index in [0.29, 0.717) is 61.1 Å². The van der Waals surface area contributed by atoms with Crippen LogP contribution >= 0.6 is 0 Å². The number of methoxy groups -OCH3 is 2. The van der Waals surface area contributed by atoms with Gasteiger partial charge >= 0.3 is 0 Å². The number of aryl methyl sites for hydroxylation is 1. The first kappa shape index (κ1) is 26.2. The molecule has 2 heterocycles. The van der Waals surface area contributed by atoms with E-state index in [1.54, 1.807) is 38.5 Å². The maximum absolute atomic E-state index is 14.0. The van der Waals surface area contributed by atoms with Crippen LogP contribution in [0.4, 0.5) is 10.2 Å². The van der Waals surface area contributed by atoms with E-state index in [0.717, 1.165) is 22.6 Å². The number of benzene rings is 3. The molecule has 0 N–H and O–H groups in total. The molecule has 0 saturated carbocycles. The molecular formula is C31H31FN4O3. The number of hydrogen-bond acceptors (Lipinski definition) is 6. The summed E-state index contributed by atoms with van der Waals surface area (Å²) in [5.41, 5.74) is 4.17. The number of piperazine rings is 1. The number of aromatic nitrogens is 2. The molecular weight excluding hydrogens is 495 g/mol. The summed E-state index contributed by atoms with van der Waals surface area (Å²) in [6.07, 6.45) is 0.674. The molecule has 8 heteroatoms. The van der Waals surface area contributed by atoms with Crippen molar-refractivity contribution < 1.29 is 18.7 Å². The Morgan fingerprint density at radius 3 is 2.36 bits per heavy atom. The molecule has 1 aliphatic rings. The van der Waals surface area contributed by atoms with Crippen molar-refractivity contribution in [2.75, 3.05) is 45.3 Å². The standard InChI is InChI=1S/C31H31FN4O3/c1-21-27(18-22-8-5-4-6-9-22)30(34-29(33-21)23-10-7-11-24(32)19-23)35-14-16-36(17-15-35)31(37)26-13-12-25(38-2)20-28(26)39-3/h4-13,19-20H,14-18H2,1-3H3. The average Bonchev–Trinajstić information content (AvgIpc) is 2.98. The first-order valence-corrected chi connectivity index (χ1v) is 12.9. The van der Waals surface area contributed by atoms with Crippen LogP contribution < -0.4 is 14.4 Å². The Bertz CT molecular complexity index is 1470. The number of halogens is 1. The molecule has 7 nitrogen and oxygen atoms in total. The van der Waals surface area contributed by atoms with Crippen molar-refractivity contribution in [3.05, 3.63) is 101 Å². The maximum Gasteiger partial charge on any atom is 0.257 e. The quantitative estimate of drug-likeness (QED) is 0.331. The zero-order valence-corrected chi connectivity index (χ0v) is 22.4. The highest BCUT2D eigenvalue weighted by Gasteiger charge is 2.27. The van der Waals surface area contributed by atoms with E-state index >= 15 is 0 Å². The number of nitrogens with zero attached hydrogens (tertiary/aromatic N) is 4. The molecule has 1 saturated heterocycles. The summed E-state index contributed by atoms with van der Waals surface area (Å²) in [7, 11) is 3.13. The SMILES string of the molecule is COc1ccc(C(=O)N2CCN(c3nc(-c4cccc(F)c4)nc(C)c3Cc3ccccc3)CC2)c(OC)c1. The van der Waals surface area contributed by atoms with Crippen LogP contribution in [-0.2, 0) is 6.42 Å². The Labute approximate surface area is 227 Å². The normalized spacial score (nSPS) is 13.3. The number of rotatable bonds is 7. The first-order chi connectivity index (χ1) is 19.0. The number of amides is 1. The molecule has 39 heavy (non-hydrogen) atoms. The second-order valence-corrected chi connectivity index (χ2v) is 9.45. The fourth-order valence-corrected chi connectivity index (χ4v) is 4.87. The van der Waals surface area contributed by atoms with Crippen LogP contribution in [0.15, 0.2) is 72.8 Å². The van der Waals surface area contributed by atoms with Gasteiger partial charge in [-0.2, -0.15) is 0 Å². The number of hydrogen-bond donors (Lipinski definition) is 0. The van der Waals surface area contributed by atoms with Crippen LogP contribution in [0.3, 0.4) is 0 Å². The Kier molecular flexibility index (Phi) is 7.72. The van der Waals surface area contributed by atoms with Gasteiger partial charge < -0.3 is 19.3 Å². The summed E-state index contributed by atoms with van der Waals surface area (Å²) in [5.74, 6) is 2.01. The highest BCUT2D eigenvalue weighted by Crippen LogP contribution is 2.30. The highest BCUT2D eigenvalue weighted by molar-refractivity contribution is 5.97. The van der Waals surface area contributed by atoms with Crippen LogP contribution in [0.25, 0.3) is 11.4 Å². The molecule has 0 radical (unpaired) electrons. The third-order valence-corrected chi connectivity index (χ3v) is 7.00. The van der Waals surface area contributed by atoms with E-state index in [9.17, 15) is 9.18 Å². The molecule has 1 amide bonds. The highest BCUT2D eigenvalue weighted by atomic mass is 19.1. The Hall–Kier alpha value is -4.46. The zero-order chi connectivity index (χ0) is 27.4. The molecule has 0 atom stereocenters. The molecule has 1 aliphatic heterocycles. The number of ether oxygens (including phenoxy) is 2. The minimum Gasteiger partial charge on any atom is -0.497 e. The van der Waals surface area contributed by atoms with E-state index in [2.05, 4.69) is 17.0 Å². The van der Waals surface area contributed by atoms with Gasteiger partial charge in [0.15, 0.2) is 5.82 Å². The van der Waals surface area contributed by atoms with E-state index < -0.39 is 0 Å². The van der Waals surface area contributed by atoms with Crippen molar-refractivity contribution in [1.82, 2.24) is 14.9 Å².